The summed E-state index contributed by atoms with van der Waals surface area (Å²) in [6, 6.07) is 11.8. The van der Waals surface area contributed by atoms with Gasteiger partial charge in [0.05, 0.1) is 26.2 Å². The summed E-state index contributed by atoms with van der Waals surface area (Å²) in [5.74, 6) is 1.72. The Kier molecular flexibility index (Phi) is 3.24. The third-order valence-corrected chi connectivity index (χ3v) is 4.28. The van der Waals surface area contributed by atoms with E-state index in [1.54, 1.807) is 19.4 Å². The fraction of sp³-hybridized carbons (Fsp3) is 0.158. The highest BCUT2D eigenvalue weighted by Gasteiger charge is 2.29. The molecule has 0 saturated carbocycles. The van der Waals surface area contributed by atoms with Gasteiger partial charge in [-0.25, -0.2) is 4.98 Å². The molecule has 5 nitrogen and oxygen atoms in total. The van der Waals surface area contributed by atoms with Crippen molar-refractivity contribution in [2.75, 3.05) is 14.2 Å². The maximum Gasteiger partial charge on any atom is 0.232 e. The monoisotopic (exact) mass is 318 g/mol. The summed E-state index contributed by atoms with van der Waals surface area (Å²) in [5.41, 5.74) is 5.07. The van der Waals surface area contributed by atoms with Crippen LogP contribution in [0.5, 0.6) is 11.6 Å². The predicted octanol–water partition coefficient (Wildman–Crippen LogP) is 3.80. The average Bonchev–Trinajstić information content (AvgIpc) is 3.26. The molecule has 0 spiro atoms. The van der Waals surface area contributed by atoms with Gasteiger partial charge in [-0.15, -0.1) is 0 Å². The van der Waals surface area contributed by atoms with Crippen LogP contribution in [0.25, 0.3) is 22.6 Å². The Morgan fingerprint density at radius 2 is 2.08 bits per heavy atom. The number of hydrogen-bond donors (Lipinski definition) is 0. The highest BCUT2D eigenvalue weighted by Crippen LogP contribution is 2.45. The Labute approximate surface area is 139 Å². The predicted molar refractivity (Wildman–Crippen MR) is 88.0 cm³/mol. The van der Waals surface area contributed by atoms with Crippen LogP contribution in [0.1, 0.15) is 16.7 Å². The van der Waals surface area contributed by atoms with Crippen LogP contribution in [0.2, 0.25) is 0 Å². The number of nitrogens with zero attached hydrogens (tertiary/aromatic N) is 2. The largest absolute Gasteiger partial charge is 0.497 e. The van der Waals surface area contributed by atoms with E-state index in [0.717, 1.165) is 33.7 Å². The van der Waals surface area contributed by atoms with E-state index in [1.807, 2.05) is 24.3 Å². The molecule has 0 amide bonds. The summed E-state index contributed by atoms with van der Waals surface area (Å²) in [6.45, 7) is 0. The molecule has 1 aliphatic carbocycles. The first kappa shape index (κ1) is 14.3. The second-order valence-corrected chi connectivity index (χ2v) is 5.49. The van der Waals surface area contributed by atoms with Crippen molar-refractivity contribution in [3.8, 4) is 40.3 Å². The fourth-order valence-electron chi connectivity index (χ4n) is 3.19. The molecular weight excluding hydrogens is 304 g/mol. The molecule has 0 saturated heterocycles. The smallest absolute Gasteiger partial charge is 0.232 e. The van der Waals surface area contributed by atoms with E-state index >= 15 is 0 Å². The lowest BCUT2D eigenvalue weighted by molar-refractivity contribution is 0.397. The molecule has 2 aromatic heterocycles. The Balaban J connectivity index is 2.05. The van der Waals surface area contributed by atoms with Crippen molar-refractivity contribution in [2.45, 2.75) is 6.42 Å². The number of ether oxygens (including phenoxy) is 2. The summed E-state index contributed by atoms with van der Waals surface area (Å²) in [4.78, 5) is 4.59. The number of fused-ring (bicyclic) bond motifs is 3. The van der Waals surface area contributed by atoms with Crippen molar-refractivity contribution in [1.29, 1.82) is 5.26 Å². The molecule has 0 aliphatic heterocycles. The fourth-order valence-corrected chi connectivity index (χ4v) is 3.19. The molecule has 0 atom stereocenters. The second kappa shape index (κ2) is 5.43. The van der Waals surface area contributed by atoms with Crippen LogP contribution in [-0.2, 0) is 6.42 Å². The van der Waals surface area contributed by atoms with Crippen molar-refractivity contribution in [1.82, 2.24) is 4.98 Å². The Hall–Kier alpha value is -3.26. The lowest BCUT2D eigenvalue weighted by atomic mass is 9.99. The molecule has 2 heterocycles. The van der Waals surface area contributed by atoms with Crippen molar-refractivity contribution < 1.29 is 13.9 Å². The third-order valence-electron chi connectivity index (χ3n) is 4.28. The number of rotatable bonds is 3. The molecular formula is C19H14N2O3. The minimum absolute atomic E-state index is 0.304. The summed E-state index contributed by atoms with van der Waals surface area (Å²) < 4.78 is 16.3. The van der Waals surface area contributed by atoms with Gasteiger partial charge in [0.15, 0.2) is 0 Å². The van der Waals surface area contributed by atoms with Crippen LogP contribution in [0.15, 0.2) is 41.0 Å². The second-order valence-electron chi connectivity index (χ2n) is 5.49. The molecule has 1 aromatic carbocycles. The van der Waals surface area contributed by atoms with E-state index in [-0.39, 0.29) is 0 Å². The van der Waals surface area contributed by atoms with Crippen LogP contribution in [0.4, 0.5) is 0 Å². The number of hydrogen-bond acceptors (Lipinski definition) is 5. The van der Waals surface area contributed by atoms with E-state index in [2.05, 4.69) is 11.1 Å². The first-order chi connectivity index (χ1) is 11.8. The van der Waals surface area contributed by atoms with Crippen molar-refractivity contribution >= 4 is 0 Å². The normalized spacial score (nSPS) is 11.5. The molecule has 1 aliphatic rings. The molecule has 24 heavy (non-hydrogen) atoms. The zero-order valence-electron chi connectivity index (χ0n) is 13.3. The van der Waals surface area contributed by atoms with E-state index in [0.29, 0.717) is 23.6 Å². The van der Waals surface area contributed by atoms with Gasteiger partial charge in [0, 0.05) is 17.5 Å². The number of aromatic nitrogens is 1. The van der Waals surface area contributed by atoms with Gasteiger partial charge in [-0.2, -0.15) is 5.26 Å². The molecule has 4 rings (SSSR count). The van der Waals surface area contributed by atoms with Gasteiger partial charge in [0.1, 0.15) is 23.1 Å². The van der Waals surface area contributed by atoms with Crippen molar-refractivity contribution in [3.63, 3.8) is 0 Å². The van der Waals surface area contributed by atoms with Gasteiger partial charge in [-0.3, -0.25) is 0 Å². The summed E-state index contributed by atoms with van der Waals surface area (Å²) in [7, 11) is 3.15. The van der Waals surface area contributed by atoms with Gasteiger partial charge in [0.2, 0.25) is 5.88 Å². The number of nitriles is 1. The molecule has 0 N–H and O–H groups in total. The minimum Gasteiger partial charge on any atom is -0.497 e. The van der Waals surface area contributed by atoms with E-state index in [1.165, 1.54) is 7.11 Å². The van der Waals surface area contributed by atoms with E-state index in [4.69, 9.17) is 13.9 Å². The van der Waals surface area contributed by atoms with E-state index in [9.17, 15) is 5.26 Å². The maximum atomic E-state index is 9.63. The summed E-state index contributed by atoms with van der Waals surface area (Å²) in [6.07, 6.45) is 2.29. The topological polar surface area (TPSA) is 68.3 Å². The van der Waals surface area contributed by atoms with Crippen molar-refractivity contribution in [3.05, 3.63) is 53.3 Å². The lowest BCUT2D eigenvalue weighted by Gasteiger charge is -2.12. The SMILES string of the molecule is COc1ccc2c(c1)-c1nc(OC)c(C#N)c(-c3ccco3)c1C2. The summed E-state index contributed by atoms with van der Waals surface area (Å²) in [5, 5.41) is 9.63. The average molecular weight is 318 g/mol. The molecule has 5 heteroatoms. The van der Waals surface area contributed by atoms with Gasteiger partial charge in [0.25, 0.3) is 0 Å². The molecule has 118 valence electrons. The van der Waals surface area contributed by atoms with Gasteiger partial charge in [-0.1, -0.05) is 6.07 Å². The van der Waals surface area contributed by atoms with Crippen LogP contribution in [-0.4, -0.2) is 19.2 Å². The standard InChI is InChI=1S/C19H14N2O3/c1-22-12-6-5-11-8-14-17(16-4-3-7-24-16)15(10-20)19(23-2)21-18(14)13(11)9-12/h3-7,9H,8H2,1-2H3. The number of pyridine rings is 1. The Morgan fingerprint density at radius 3 is 2.75 bits per heavy atom. The zero-order chi connectivity index (χ0) is 16.7. The number of furan rings is 1. The van der Waals surface area contributed by atoms with E-state index < -0.39 is 0 Å². The minimum atomic E-state index is 0.304. The first-order valence-electron chi connectivity index (χ1n) is 7.49. The molecule has 3 aromatic rings. The van der Waals surface area contributed by atoms with Crippen LogP contribution in [0, 0.1) is 11.3 Å². The first-order valence-corrected chi connectivity index (χ1v) is 7.49. The Morgan fingerprint density at radius 1 is 1.21 bits per heavy atom. The maximum absolute atomic E-state index is 9.63. The Bertz CT molecular complexity index is 969. The van der Waals surface area contributed by atoms with Crippen LogP contribution >= 0.6 is 0 Å². The molecule has 0 radical (unpaired) electrons. The van der Waals surface area contributed by atoms with Gasteiger partial charge >= 0.3 is 0 Å². The highest BCUT2D eigenvalue weighted by atomic mass is 16.5. The molecule has 0 fully saturated rings. The van der Waals surface area contributed by atoms with Crippen molar-refractivity contribution in [2.24, 2.45) is 0 Å². The van der Waals surface area contributed by atoms with Gasteiger partial charge < -0.3 is 13.9 Å². The quantitative estimate of drug-likeness (QED) is 0.574. The molecule has 0 bridgehead atoms. The van der Waals surface area contributed by atoms with Crippen LogP contribution in [0.3, 0.4) is 0 Å². The molecule has 0 unspecified atom stereocenters. The van der Waals surface area contributed by atoms with Crippen LogP contribution < -0.4 is 9.47 Å². The lowest BCUT2D eigenvalue weighted by Crippen LogP contribution is -2.00. The third kappa shape index (κ3) is 1.97. The van der Waals surface area contributed by atoms with Gasteiger partial charge in [-0.05, 0) is 35.4 Å². The number of benzene rings is 1. The highest BCUT2D eigenvalue weighted by molar-refractivity contribution is 5.85. The number of methoxy groups -OCH3 is 2. The zero-order valence-corrected chi connectivity index (χ0v) is 13.3. The summed E-state index contributed by atoms with van der Waals surface area (Å²) >= 11 is 0.